The van der Waals surface area contributed by atoms with Crippen molar-refractivity contribution in [1.82, 2.24) is 0 Å². The molecule has 0 fully saturated rings. The molecule has 0 atom stereocenters. The molecule has 2 aromatic carbocycles. The van der Waals surface area contributed by atoms with Gasteiger partial charge in [-0.1, -0.05) is 12.1 Å². The molecular weight excluding hydrogens is 260 g/mol. The maximum absolute atomic E-state index is 12.5. The molecule has 0 aliphatic carbocycles. The van der Waals surface area contributed by atoms with Gasteiger partial charge < -0.3 is 10.2 Å². The van der Waals surface area contributed by atoms with Crippen LogP contribution >= 0.6 is 11.3 Å². The summed E-state index contributed by atoms with van der Waals surface area (Å²) in [5.41, 5.74) is 0.917. The van der Waals surface area contributed by atoms with Crippen LogP contribution in [-0.2, 0) is 0 Å². The first-order chi connectivity index (χ1) is 9.02. The Labute approximate surface area is 113 Å². The molecule has 4 heteroatoms. The molecule has 0 amide bonds. The van der Waals surface area contributed by atoms with E-state index in [2.05, 4.69) is 0 Å². The summed E-state index contributed by atoms with van der Waals surface area (Å²) in [5, 5.41) is 21.2. The molecule has 19 heavy (non-hydrogen) atoms. The minimum atomic E-state index is -0.236. The summed E-state index contributed by atoms with van der Waals surface area (Å²) in [6.45, 7) is 3.43. The number of rotatable bonds is 0. The van der Waals surface area contributed by atoms with Crippen molar-refractivity contribution >= 4 is 31.5 Å². The van der Waals surface area contributed by atoms with E-state index in [1.807, 2.05) is 12.1 Å². The number of fused-ring (bicyclic) bond motifs is 2. The molecule has 0 aliphatic heterocycles. The zero-order valence-electron chi connectivity index (χ0n) is 10.5. The fraction of sp³-hybridized carbons (Fsp3) is 0.133. The van der Waals surface area contributed by atoms with Gasteiger partial charge in [0.1, 0.15) is 11.5 Å². The number of phenolic OH excluding ortho intramolecular Hbond substituents is 2. The monoisotopic (exact) mass is 272 g/mol. The Balaban J connectivity index is 2.71. The van der Waals surface area contributed by atoms with Gasteiger partial charge in [0.15, 0.2) is 5.43 Å². The first-order valence-electron chi connectivity index (χ1n) is 5.89. The Morgan fingerprint density at radius 2 is 1.63 bits per heavy atom. The quantitative estimate of drug-likeness (QED) is 0.487. The van der Waals surface area contributed by atoms with Crippen molar-refractivity contribution in [2.24, 2.45) is 0 Å². The highest BCUT2D eigenvalue weighted by Crippen LogP contribution is 2.40. The van der Waals surface area contributed by atoms with Crippen molar-refractivity contribution in [2.75, 3.05) is 0 Å². The van der Waals surface area contributed by atoms with E-state index in [-0.39, 0.29) is 22.3 Å². The highest BCUT2D eigenvalue weighted by atomic mass is 32.1. The van der Waals surface area contributed by atoms with Crippen LogP contribution in [0.25, 0.3) is 20.2 Å². The van der Waals surface area contributed by atoms with Crippen molar-refractivity contribution in [1.29, 1.82) is 0 Å². The maximum Gasteiger partial charge on any atom is 0.199 e. The van der Waals surface area contributed by atoms with Crippen LogP contribution in [0.15, 0.2) is 29.1 Å². The summed E-state index contributed by atoms with van der Waals surface area (Å²) < 4.78 is 1.25. The molecule has 3 nitrogen and oxygen atoms in total. The molecule has 0 spiro atoms. The molecule has 96 valence electrons. The van der Waals surface area contributed by atoms with E-state index < -0.39 is 0 Å². The van der Waals surface area contributed by atoms with E-state index in [1.54, 1.807) is 26.0 Å². The lowest BCUT2D eigenvalue weighted by atomic mass is 10.0. The highest BCUT2D eigenvalue weighted by molar-refractivity contribution is 7.25. The van der Waals surface area contributed by atoms with E-state index in [4.69, 9.17) is 0 Å². The van der Waals surface area contributed by atoms with Crippen LogP contribution in [0.3, 0.4) is 0 Å². The van der Waals surface area contributed by atoms with Crippen molar-refractivity contribution in [3.8, 4) is 11.5 Å². The molecule has 0 radical (unpaired) electrons. The van der Waals surface area contributed by atoms with Crippen LogP contribution in [0, 0.1) is 13.8 Å². The Morgan fingerprint density at radius 3 is 2.37 bits per heavy atom. The van der Waals surface area contributed by atoms with Crippen LogP contribution in [0.4, 0.5) is 0 Å². The summed E-state index contributed by atoms with van der Waals surface area (Å²) in [6, 6.07) is 7.22. The fourth-order valence-electron chi connectivity index (χ4n) is 2.24. The maximum atomic E-state index is 12.5. The topological polar surface area (TPSA) is 57.5 Å². The van der Waals surface area contributed by atoms with Crippen molar-refractivity contribution in [2.45, 2.75) is 13.8 Å². The molecule has 1 aromatic heterocycles. The Hall–Kier alpha value is -2.07. The Morgan fingerprint density at radius 1 is 1.00 bits per heavy atom. The first kappa shape index (κ1) is 12.0. The minimum absolute atomic E-state index is 0.0303. The number of hydrogen-bond donors (Lipinski definition) is 2. The number of phenols is 2. The Kier molecular flexibility index (Phi) is 2.50. The smallest absolute Gasteiger partial charge is 0.199 e. The van der Waals surface area contributed by atoms with Gasteiger partial charge in [-0.3, -0.25) is 4.79 Å². The van der Waals surface area contributed by atoms with Gasteiger partial charge in [-0.15, -0.1) is 11.3 Å². The molecule has 0 bridgehead atoms. The second-order valence-corrected chi connectivity index (χ2v) is 5.63. The molecule has 2 N–H and O–H groups in total. The van der Waals surface area contributed by atoms with Gasteiger partial charge in [-0.2, -0.15) is 0 Å². The van der Waals surface area contributed by atoms with Gasteiger partial charge in [0.2, 0.25) is 0 Å². The second-order valence-electron chi connectivity index (χ2n) is 4.58. The molecule has 3 rings (SSSR count). The van der Waals surface area contributed by atoms with Gasteiger partial charge >= 0.3 is 0 Å². The van der Waals surface area contributed by atoms with Gasteiger partial charge in [0.25, 0.3) is 0 Å². The minimum Gasteiger partial charge on any atom is -0.507 e. The lowest BCUT2D eigenvalue weighted by Crippen LogP contribution is -2.02. The largest absolute Gasteiger partial charge is 0.507 e. The first-order valence-corrected chi connectivity index (χ1v) is 6.70. The van der Waals surface area contributed by atoms with E-state index in [0.29, 0.717) is 21.2 Å². The van der Waals surface area contributed by atoms with Crippen LogP contribution in [0.2, 0.25) is 0 Å². The lowest BCUT2D eigenvalue weighted by molar-refractivity contribution is 0.463. The van der Waals surface area contributed by atoms with Crippen LogP contribution in [0.1, 0.15) is 11.1 Å². The number of benzene rings is 2. The predicted octanol–water partition coefficient (Wildman–Crippen LogP) is 3.44. The molecule has 0 aliphatic rings. The molecule has 0 unspecified atom stereocenters. The van der Waals surface area contributed by atoms with E-state index >= 15 is 0 Å². The fourth-order valence-corrected chi connectivity index (χ4v) is 3.42. The number of aromatic hydroxyl groups is 2. The Bertz CT molecular complexity index is 878. The third-order valence-corrected chi connectivity index (χ3v) is 4.70. The summed E-state index contributed by atoms with van der Waals surface area (Å²) in [6.07, 6.45) is 0. The summed E-state index contributed by atoms with van der Waals surface area (Å²) in [5.74, 6) is 0.0513. The van der Waals surface area contributed by atoms with E-state index in [9.17, 15) is 15.0 Å². The predicted molar refractivity (Wildman–Crippen MR) is 78.4 cm³/mol. The second kappa shape index (κ2) is 3.96. The van der Waals surface area contributed by atoms with Gasteiger partial charge in [-0.05, 0) is 37.1 Å². The van der Waals surface area contributed by atoms with Crippen LogP contribution in [-0.4, -0.2) is 10.2 Å². The zero-order valence-corrected chi connectivity index (χ0v) is 11.3. The third kappa shape index (κ3) is 1.53. The van der Waals surface area contributed by atoms with Crippen molar-refractivity contribution in [3.05, 3.63) is 45.6 Å². The average molecular weight is 272 g/mol. The van der Waals surface area contributed by atoms with Crippen LogP contribution in [0.5, 0.6) is 11.5 Å². The van der Waals surface area contributed by atoms with E-state index in [1.165, 1.54) is 11.3 Å². The lowest BCUT2D eigenvalue weighted by Gasteiger charge is -2.11. The van der Waals surface area contributed by atoms with Gasteiger partial charge in [-0.25, -0.2) is 0 Å². The highest BCUT2D eigenvalue weighted by Gasteiger charge is 2.18. The zero-order chi connectivity index (χ0) is 13.7. The van der Waals surface area contributed by atoms with Crippen LogP contribution < -0.4 is 5.43 Å². The van der Waals surface area contributed by atoms with E-state index in [0.717, 1.165) is 4.70 Å². The molecule has 3 aromatic rings. The molecule has 1 heterocycles. The van der Waals surface area contributed by atoms with Crippen molar-refractivity contribution in [3.63, 3.8) is 0 Å². The summed E-state index contributed by atoms with van der Waals surface area (Å²) in [4.78, 5) is 12.5. The standard InChI is InChI=1S/C15H12O3S/c1-7-8(2)13(17)15-11(12(7)16)14(18)9-5-3-4-6-10(9)19-15/h3-6,16-17H,1-2H3. The normalized spacial score (nSPS) is 11.3. The van der Waals surface area contributed by atoms with Gasteiger partial charge in [0.05, 0.1) is 10.1 Å². The molecule has 0 saturated carbocycles. The molecular formula is C15H12O3S. The molecule has 0 saturated heterocycles. The SMILES string of the molecule is Cc1c(C)c(O)c2c(=O)c3ccccc3sc2c1O. The summed E-state index contributed by atoms with van der Waals surface area (Å²) in [7, 11) is 0. The third-order valence-electron chi connectivity index (χ3n) is 3.52. The summed E-state index contributed by atoms with van der Waals surface area (Å²) >= 11 is 1.32. The average Bonchev–Trinajstić information content (AvgIpc) is 2.43. The number of hydrogen-bond acceptors (Lipinski definition) is 4. The van der Waals surface area contributed by atoms with Crippen molar-refractivity contribution < 1.29 is 10.2 Å². The van der Waals surface area contributed by atoms with Gasteiger partial charge in [0, 0.05) is 10.1 Å².